The molecule has 0 bridgehead atoms. The monoisotopic (exact) mass is 282 g/mol. The molecule has 4 heteroatoms. The third kappa shape index (κ3) is 6.21. The van der Waals surface area contributed by atoms with Gasteiger partial charge in [-0.1, -0.05) is 0 Å². The largest absolute Gasteiger partial charge is 0.355 e. The van der Waals surface area contributed by atoms with Crippen molar-refractivity contribution in [2.45, 2.75) is 52.6 Å². The van der Waals surface area contributed by atoms with Crippen molar-refractivity contribution in [3.05, 3.63) is 22.4 Å². The van der Waals surface area contributed by atoms with Crippen LogP contribution in [0.4, 0.5) is 0 Å². The summed E-state index contributed by atoms with van der Waals surface area (Å²) in [5, 5.41) is 7.16. The summed E-state index contributed by atoms with van der Waals surface area (Å²) in [6.07, 6.45) is 1.42. The molecule has 0 saturated heterocycles. The van der Waals surface area contributed by atoms with E-state index in [0.29, 0.717) is 18.5 Å². The van der Waals surface area contributed by atoms with Gasteiger partial charge in [-0.25, -0.2) is 0 Å². The smallest absolute Gasteiger partial charge is 0.220 e. The molecular weight excluding hydrogens is 256 g/mol. The van der Waals surface area contributed by atoms with Crippen molar-refractivity contribution in [3.8, 4) is 0 Å². The Morgan fingerprint density at radius 3 is 2.53 bits per heavy atom. The van der Waals surface area contributed by atoms with Crippen molar-refractivity contribution in [2.24, 2.45) is 0 Å². The number of hydrogen-bond acceptors (Lipinski definition) is 3. The van der Waals surface area contributed by atoms with E-state index in [2.05, 4.69) is 54.7 Å². The molecule has 0 spiro atoms. The normalized spacial score (nSPS) is 11.5. The maximum absolute atomic E-state index is 11.7. The molecule has 19 heavy (non-hydrogen) atoms. The topological polar surface area (TPSA) is 32.3 Å². The van der Waals surface area contributed by atoms with Gasteiger partial charge in [0.25, 0.3) is 0 Å². The van der Waals surface area contributed by atoms with Gasteiger partial charge in [0.05, 0.1) is 0 Å². The summed E-state index contributed by atoms with van der Waals surface area (Å²) >= 11 is 1.68. The van der Waals surface area contributed by atoms with Gasteiger partial charge in [-0.05, 0) is 56.5 Å². The first-order valence-electron chi connectivity index (χ1n) is 7.04. The number of aryl methyl sites for hydroxylation is 1. The van der Waals surface area contributed by atoms with E-state index in [4.69, 9.17) is 0 Å². The lowest BCUT2D eigenvalue weighted by atomic mass is 10.2. The molecule has 1 aromatic heterocycles. The summed E-state index contributed by atoms with van der Waals surface area (Å²) in [7, 11) is 0. The van der Waals surface area contributed by atoms with Crippen molar-refractivity contribution < 1.29 is 4.79 Å². The third-order valence-corrected chi connectivity index (χ3v) is 3.97. The van der Waals surface area contributed by atoms with Crippen molar-refractivity contribution in [2.75, 3.05) is 13.1 Å². The van der Waals surface area contributed by atoms with Crippen LogP contribution in [0.25, 0.3) is 0 Å². The van der Waals surface area contributed by atoms with Crippen LogP contribution in [0.2, 0.25) is 0 Å². The zero-order valence-corrected chi connectivity index (χ0v) is 13.3. The predicted molar refractivity (Wildman–Crippen MR) is 82.6 cm³/mol. The van der Waals surface area contributed by atoms with E-state index < -0.39 is 0 Å². The number of carbonyl (C=O) groups is 1. The van der Waals surface area contributed by atoms with Gasteiger partial charge in [-0.2, -0.15) is 11.3 Å². The molecule has 0 unspecified atom stereocenters. The Morgan fingerprint density at radius 1 is 1.32 bits per heavy atom. The summed E-state index contributed by atoms with van der Waals surface area (Å²) < 4.78 is 0. The highest BCUT2D eigenvalue weighted by Crippen LogP contribution is 2.08. The molecule has 0 aromatic carbocycles. The summed E-state index contributed by atoms with van der Waals surface area (Å²) in [5.41, 5.74) is 1.26. The Balaban J connectivity index is 2.19. The average Bonchev–Trinajstić information content (AvgIpc) is 2.84. The molecule has 0 aliphatic rings. The number of hydrogen-bond donors (Lipinski definition) is 1. The summed E-state index contributed by atoms with van der Waals surface area (Å²) in [6.45, 7) is 10.4. The quantitative estimate of drug-likeness (QED) is 0.795. The first-order valence-corrected chi connectivity index (χ1v) is 7.98. The van der Waals surface area contributed by atoms with Crippen molar-refractivity contribution in [1.82, 2.24) is 10.2 Å². The van der Waals surface area contributed by atoms with Gasteiger partial charge >= 0.3 is 0 Å². The molecule has 0 radical (unpaired) electrons. The summed E-state index contributed by atoms with van der Waals surface area (Å²) in [5.74, 6) is 0.152. The van der Waals surface area contributed by atoms with Crippen molar-refractivity contribution in [3.63, 3.8) is 0 Å². The standard InChI is InChI=1S/C15H26N2OS/c1-12(2)17(13(3)4)9-8-16-15(18)6-5-14-7-10-19-11-14/h7,10-13H,5-6,8-9H2,1-4H3,(H,16,18). The Kier molecular flexibility index (Phi) is 7.10. The molecule has 1 N–H and O–H groups in total. The minimum atomic E-state index is 0.152. The van der Waals surface area contributed by atoms with Crippen LogP contribution < -0.4 is 5.32 Å². The molecule has 3 nitrogen and oxygen atoms in total. The second-order valence-electron chi connectivity index (χ2n) is 5.41. The fourth-order valence-corrected chi connectivity index (χ4v) is 2.92. The molecule has 0 fully saturated rings. The number of thiophene rings is 1. The maximum Gasteiger partial charge on any atom is 0.220 e. The van der Waals surface area contributed by atoms with Gasteiger partial charge in [0.2, 0.25) is 5.91 Å². The van der Waals surface area contributed by atoms with Gasteiger partial charge < -0.3 is 5.32 Å². The highest BCUT2D eigenvalue weighted by atomic mass is 32.1. The molecule has 1 aromatic rings. The van der Waals surface area contributed by atoms with E-state index in [0.717, 1.165) is 19.5 Å². The first-order chi connectivity index (χ1) is 9.00. The molecule has 0 aliphatic carbocycles. The second-order valence-corrected chi connectivity index (χ2v) is 6.19. The Bertz CT molecular complexity index is 352. The fourth-order valence-electron chi connectivity index (χ4n) is 2.22. The molecule has 1 rings (SSSR count). The van der Waals surface area contributed by atoms with Crippen LogP contribution >= 0.6 is 11.3 Å². The van der Waals surface area contributed by atoms with Gasteiger partial charge in [0, 0.05) is 31.6 Å². The Hall–Kier alpha value is -0.870. The van der Waals surface area contributed by atoms with E-state index in [1.165, 1.54) is 5.56 Å². The van der Waals surface area contributed by atoms with E-state index in [1.54, 1.807) is 11.3 Å². The lowest BCUT2D eigenvalue weighted by Gasteiger charge is -2.30. The minimum Gasteiger partial charge on any atom is -0.355 e. The van der Waals surface area contributed by atoms with E-state index in [1.807, 2.05) is 0 Å². The van der Waals surface area contributed by atoms with Crippen molar-refractivity contribution in [1.29, 1.82) is 0 Å². The lowest BCUT2D eigenvalue weighted by molar-refractivity contribution is -0.121. The zero-order valence-electron chi connectivity index (χ0n) is 12.5. The number of nitrogens with one attached hydrogen (secondary N) is 1. The van der Waals surface area contributed by atoms with Crippen LogP contribution in [0, 0.1) is 0 Å². The van der Waals surface area contributed by atoms with Crippen LogP contribution in [0.15, 0.2) is 16.8 Å². The van der Waals surface area contributed by atoms with Crippen LogP contribution in [0.1, 0.15) is 39.7 Å². The molecule has 108 valence electrons. The Labute approximate surface area is 121 Å². The number of amides is 1. The van der Waals surface area contributed by atoms with Crippen LogP contribution in [-0.4, -0.2) is 36.0 Å². The predicted octanol–water partition coefficient (Wildman–Crippen LogP) is 2.92. The molecule has 1 heterocycles. The Morgan fingerprint density at radius 2 is 2.00 bits per heavy atom. The SMILES string of the molecule is CC(C)N(CCNC(=O)CCc1ccsc1)C(C)C. The van der Waals surface area contributed by atoms with Crippen LogP contribution in [0.5, 0.6) is 0 Å². The number of nitrogens with zero attached hydrogens (tertiary/aromatic N) is 1. The molecule has 0 saturated carbocycles. The third-order valence-electron chi connectivity index (χ3n) is 3.24. The molecule has 1 amide bonds. The first kappa shape index (κ1) is 16.2. The van der Waals surface area contributed by atoms with Gasteiger partial charge in [-0.15, -0.1) is 0 Å². The second kappa shape index (κ2) is 8.33. The van der Waals surface area contributed by atoms with Crippen LogP contribution in [0.3, 0.4) is 0 Å². The average molecular weight is 282 g/mol. The maximum atomic E-state index is 11.7. The summed E-state index contributed by atoms with van der Waals surface area (Å²) in [4.78, 5) is 14.1. The van der Waals surface area contributed by atoms with Crippen molar-refractivity contribution >= 4 is 17.2 Å². The van der Waals surface area contributed by atoms with Crippen LogP contribution in [-0.2, 0) is 11.2 Å². The highest BCUT2D eigenvalue weighted by molar-refractivity contribution is 7.07. The summed E-state index contributed by atoms with van der Waals surface area (Å²) in [6, 6.07) is 3.11. The van der Waals surface area contributed by atoms with E-state index in [9.17, 15) is 4.79 Å². The molecule has 0 aliphatic heterocycles. The lowest BCUT2D eigenvalue weighted by Crippen LogP contribution is -2.42. The molecular formula is C15H26N2OS. The number of rotatable bonds is 8. The van der Waals surface area contributed by atoms with E-state index >= 15 is 0 Å². The van der Waals surface area contributed by atoms with Gasteiger partial charge in [0.15, 0.2) is 0 Å². The fraction of sp³-hybridized carbons (Fsp3) is 0.667. The number of carbonyl (C=O) groups excluding carboxylic acids is 1. The van der Waals surface area contributed by atoms with Gasteiger partial charge in [0.1, 0.15) is 0 Å². The minimum absolute atomic E-state index is 0.152. The highest BCUT2D eigenvalue weighted by Gasteiger charge is 2.12. The zero-order chi connectivity index (χ0) is 14.3. The van der Waals surface area contributed by atoms with E-state index in [-0.39, 0.29) is 5.91 Å². The van der Waals surface area contributed by atoms with Gasteiger partial charge in [-0.3, -0.25) is 9.69 Å². The molecule has 0 atom stereocenters.